The molecular weight excluding hydrogens is 501 g/mol. The summed E-state index contributed by atoms with van der Waals surface area (Å²) in [5.74, 6) is 2.67. The lowest BCUT2D eigenvalue weighted by Gasteiger charge is -2.32. The van der Waals surface area contributed by atoms with Crippen molar-refractivity contribution < 1.29 is 0 Å². The van der Waals surface area contributed by atoms with Gasteiger partial charge in [0.05, 0.1) is 6.54 Å². The molecule has 0 saturated carbocycles. The summed E-state index contributed by atoms with van der Waals surface area (Å²) in [5.41, 5.74) is 1.49. The van der Waals surface area contributed by atoms with E-state index in [1.807, 2.05) is 21.1 Å². The van der Waals surface area contributed by atoms with Gasteiger partial charge in [-0.1, -0.05) is 30.3 Å². The van der Waals surface area contributed by atoms with Crippen molar-refractivity contribution in [2.24, 2.45) is 18.0 Å². The number of likely N-dealkylation sites (tertiary alicyclic amines) is 1. The van der Waals surface area contributed by atoms with Crippen molar-refractivity contribution in [3.05, 3.63) is 48.0 Å². The number of aryl methyl sites for hydroxylation is 1. The smallest absolute Gasteiger partial charge is 0.193 e. The first-order valence-corrected chi connectivity index (χ1v) is 11.2. The van der Waals surface area contributed by atoms with Crippen molar-refractivity contribution in [1.82, 2.24) is 29.9 Å². The third-order valence-electron chi connectivity index (χ3n) is 6.02. The summed E-state index contributed by atoms with van der Waals surface area (Å²) >= 11 is 0. The molecule has 0 unspecified atom stereocenters. The first kappa shape index (κ1) is 25.6. The van der Waals surface area contributed by atoms with Gasteiger partial charge in [0.2, 0.25) is 0 Å². The Kier molecular flexibility index (Phi) is 11.3. The molecule has 1 saturated heterocycles. The van der Waals surface area contributed by atoms with E-state index in [0.29, 0.717) is 6.54 Å². The van der Waals surface area contributed by atoms with Crippen LogP contribution in [0.2, 0.25) is 0 Å². The van der Waals surface area contributed by atoms with E-state index in [1.54, 1.807) is 11.0 Å². The van der Waals surface area contributed by atoms with Crippen molar-refractivity contribution >= 4 is 29.9 Å². The maximum absolute atomic E-state index is 4.39. The molecule has 7 nitrogen and oxygen atoms in total. The fourth-order valence-electron chi connectivity index (χ4n) is 4.16. The molecule has 1 N–H and O–H groups in total. The Morgan fingerprint density at radius 3 is 2.58 bits per heavy atom. The molecule has 0 spiro atoms. The standard InChI is InChI=1S/C23H37N7.HI/c1-24-23(28(2)18-22-26-19-27-29(22)3)25-13-7-8-14-30-15-11-21(12-16-30)17-20-9-5-4-6-10-20;/h4-6,9-10,19,21H,7-8,11-18H2,1-3H3,(H,24,25);1H. The van der Waals surface area contributed by atoms with E-state index in [1.165, 1.54) is 50.9 Å². The van der Waals surface area contributed by atoms with Crippen molar-refractivity contribution in [2.75, 3.05) is 40.3 Å². The summed E-state index contributed by atoms with van der Waals surface area (Å²) < 4.78 is 1.80. The van der Waals surface area contributed by atoms with Gasteiger partial charge in [0, 0.05) is 27.7 Å². The molecule has 1 aliphatic heterocycles. The van der Waals surface area contributed by atoms with Gasteiger partial charge in [0.1, 0.15) is 12.2 Å². The number of aromatic nitrogens is 3. The Morgan fingerprint density at radius 2 is 1.94 bits per heavy atom. The maximum Gasteiger partial charge on any atom is 0.193 e. The highest BCUT2D eigenvalue weighted by molar-refractivity contribution is 14.0. The van der Waals surface area contributed by atoms with Crippen molar-refractivity contribution in [2.45, 2.75) is 38.6 Å². The summed E-state index contributed by atoms with van der Waals surface area (Å²) in [6.07, 6.45) is 7.85. The Hall–Kier alpha value is -1.68. The van der Waals surface area contributed by atoms with Crippen molar-refractivity contribution in [1.29, 1.82) is 0 Å². The molecule has 1 aromatic heterocycles. The van der Waals surface area contributed by atoms with Crippen LogP contribution in [0.5, 0.6) is 0 Å². The van der Waals surface area contributed by atoms with E-state index in [9.17, 15) is 0 Å². The molecule has 31 heavy (non-hydrogen) atoms. The molecule has 0 atom stereocenters. The van der Waals surface area contributed by atoms with E-state index in [0.717, 1.165) is 30.7 Å². The second-order valence-corrected chi connectivity index (χ2v) is 8.31. The van der Waals surface area contributed by atoms with Crippen LogP contribution in [0.25, 0.3) is 0 Å². The first-order chi connectivity index (χ1) is 14.7. The van der Waals surface area contributed by atoms with E-state index in [2.05, 4.69) is 60.5 Å². The summed E-state index contributed by atoms with van der Waals surface area (Å²) in [6, 6.07) is 10.9. The SMILES string of the molecule is CN=C(NCCCCN1CCC(Cc2ccccc2)CC1)N(C)Cc1ncnn1C.I. The van der Waals surface area contributed by atoms with Crippen LogP contribution in [0.1, 0.15) is 37.1 Å². The topological polar surface area (TPSA) is 61.6 Å². The maximum atomic E-state index is 4.39. The number of unbranched alkanes of at least 4 members (excludes halogenated alkanes) is 1. The number of nitrogens with one attached hydrogen (secondary N) is 1. The molecule has 1 fully saturated rings. The molecule has 0 radical (unpaired) electrons. The highest BCUT2D eigenvalue weighted by Crippen LogP contribution is 2.21. The first-order valence-electron chi connectivity index (χ1n) is 11.2. The molecule has 2 heterocycles. The zero-order chi connectivity index (χ0) is 21.2. The number of piperidine rings is 1. The molecule has 0 aliphatic carbocycles. The molecular formula is C23H38IN7. The van der Waals surface area contributed by atoms with Crippen LogP contribution in [0.15, 0.2) is 41.7 Å². The second kappa shape index (κ2) is 13.7. The molecule has 0 amide bonds. The van der Waals surface area contributed by atoms with Crippen LogP contribution in [0, 0.1) is 5.92 Å². The van der Waals surface area contributed by atoms with Gasteiger partial charge in [-0.05, 0) is 63.2 Å². The molecule has 2 aromatic rings. The van der Waals surface area contributed by atoms with Gasteiger partial charge in [0.15, 0.2) is 5.96 Å². The molecule has 172 valence electrons. The minimum absolute atomic E-state index is 0. The number of nitrogens with zero attached hydrogens (tertiary/aromatic N) is 6. The predicted octanol–water partition coefficient (Wildman–Crippen LogP) is 3.18. The number of guanidine groups is 1. The van der Waals surface area contributed by atoms with Gasteiger partial charge in [-0.3, -0.25) is 9.67 Å². The summed E-state index contributed by atoms with van der Waals surface area (Å²) in [7, 11) is 5.77. The van der Waals surface area contributed by atoms with Gasteiger partial charge in [0.25, 0.3) is 0 Å². The predicted molar refractivity (Wildman–Crippen MR) is 138 cm³/mol. The average Bonchev–Trinajstić information content (AvgIpc) is 3.17. The number of halogens is 1. The second-order valence-electron chi connectivity index (χ2n) is 8.31. The van der Waals surface area contributed by atoms with Crippen molar-refractivity contribution in [3.8, 4) is 0 Å². The monoisotopic (exact) mass is 539 g/mol. The fourth-order valence-corrected chi connectivity index (χ4v) is 4.16. The summed E-state index contributed by atoms with van der Waals surface area (Å²) in [4.78, 5) is 13.4. The van der Waals surface area contributed by atoms with E-state index in [-0.39, 0.29) is 24.0 Å². The number of rotatable bonds is 9. The minimum atomic E-state index is 0. The highest BCUT2D eigenvalue weighted by Gasteiger charge is 2.19. The van der Waals surface area contributed by atoms with Crippen LogP contribution >= 0.6 is 24.0 Å². The molecule has 0 bridgehead atoms. The zero-order valence-electron chi connectivity index (χ0n) is 19.2. The van der Waals surface area contributed by atoms with Gasteiger partial charge in [-0.25, -0.2) is 4.98 Å². The highest BCUT2D eigenvalue weighted by atomic mass is 127. The normalized spacial score (nSPS) is 15.5. The van der Waals surface area contributed by atoms with E-state index >= 15 is 0 Å². The van der Waals surface area contributed by atoms with Crippen LogP contribution in [0.4, 0.5) is 0 Å². The largest absolute Gasteiger partial charge is 0.356 e. The van der Waals surface area contributed by atoms with Gasteiger partial charge >= 0.3 is 0 Å². The number of benzene rings is 1. The van der Waals surface area contributed by atoms with Crippen molar-refractivity contribution in [3.63, 3.8) is 0 Å². The number of hydrogen-bond acceptors (Lipinski definition) is 4. The lowest BCUT2D eigenvalue weighted by molar-refractivity contribution is 0.181. The number of hydrogen-bond donors (Lipinski definition) is 1. The summed E-state index contributed by atoms with van der Waals surface area (Å²) in [6.45, 7) is 5.32. The Balaban J connectivity index is 0.00000341. The lowest BCUT2D eigenvalue weighted by Crippen LogP contribution is -2.39. The molecule has 1 aliphatic rings. The van der Waals surface area contributed by atoms with E-state index < -0.39 is 0 Å². The fraction of sp³-hybridized carbons (Fsp3) is 0.609. The zero-order valence-corrected chi connectivity index (χ0v) is 21.5. The van der Waals surface area contributed by atoms with E-state index in [4.69, 9.17) is 0 Å². The van der Waals surface area contributed by atoms with Crippen LogP contribution in [-0.2, 0) is 20.0 Å². The van der Waals surface area contributed by atoms with Crippen LogP contribution in [0.3, 0.4) is 0 Å². The lowest BCUT2D eigenvalue weighted by atomic mass is 9.90. The third-order valence-corrected chi connectivity index (χ3v) is 6.02. The quantitative estimate of drug-likeness (QED) is 0.230. The Morgan fingerprint density at radius 1 is 1.19 bits per heavy atom. The van der Waals surface area contributed by atoms with Gasteiger partial charge < -0.3 is 15.1 Å². The average molecular weight is 540 g/mol. The molecule has 3 rings (SSSR count). The Bertz CT molecular complexity index is 769. The Labute approximate surface area is 204 Å². The molecule has 8 heteroatoms. The van der Waals surface area contributed by atoms with Gasteiger partial charge in [-0.2, -0.15) is 5.10 Å². The van der Waals surface area contributed by atoms with Crippen LogP contribution < -0.4 is 5.32 Å². The summed E-state index contributed by atoms with van der Waals surface area (Å²) in [5, 5.41) is 7.60. The van der Waals surface area contributed by atoms with Gasteiger partial charge in [-0.15, -0.1) is 24.0 Å². The molecule has 1 aromatic carbocycles. The van der Waals surface area contributed by atoms with Crippen LogP contribution in [-0.4, -0.2) is 70.8 Å². The number of aliphatic imine (C=N–C) groups is 1. The third kappa shape index (κ3) is 8.40. The minimum Gasteiger partial charge on any atom is -0.356 e.